The van der Waals surface area contributed by atoms with Crippen molar-refractivity contribution >= 4 is 23.2 Å². The number of fused-ring (bicyclic) bond motifs is 1. The van der Waals surface area contributed by atoms with Crippen LogP contribution in [0.25, 0.3) is 0 Å². The summed E-state index contributed by atoms with van der Waals surface area (Å²) in [6.45, 7) is 0.435. The molecule has 23 heavy (non-hydrogen) atoms. The van der Waals surface area contributed by atoms with E-state index in [9.17, 15) is 0 Å². The lowest BCUT2D eigenvalue weighted by atomic mass is 10.1. The molecular formula is C18H20ClN3O. The third-order valence-corrected chi connectivity index (χ3v) is 4.27. The number of nitrogens with zero attached hydrogens (tertiary/aromatic N) is 1. The molecule has 0 atom stereocenters. The molecule has 2 aromatic rings. The standard InChI is InChI=1S/C18H20ClN3O/c1-23-17-10-15(19)7-5-14(17)11-21-18(20)22-16-8-6-12-3-2-4-13(12)9-16/h5-10H,2-4,11H2,1H3,(H3,20,21,22). The van der Waals surface area contributed by atoms with E-state index in [1.807, 2.05) is 12.1 Å². The molecule has 0 heterocycles. The van der Waals surface area contributed by atoms with E-state index in [4.69, 9.17) is 22.1 Å². The largest absolute Gasteiger partial charge is 0.496 e. The van der Waals surface area contributed by atoms with E-state index in [0.717, 1.165) is 17.7 Å². The van der Waals surface area contributed by atoms with Crippen LogP contribution in [0, 0.1) is 0 Å². The molecule has 1 aliphatic rings. The van der Waals surface area contributed by atoms with Crippen LogP contribution in [0.3, 0.4) is 0 Å². The number of rotatable bonds is 4. The fourth-order valence-electron chi connectivity index (χ4n) is 2.86. The first-order valence-corrected chi connectivity index (χ1v) is 8.04. The SMILES string of the molecule is COc1cc(Cl)ccc1CN=C(N)Nc1ccc2c(c1)CCC2. The number of nitrogens with one attached hydrogen (secondary N) is 1. The van der Waals surface area contributed by atoms with Gasteiger partial charge in [-0.2, -0.15) is 0 Å². The maximum absolute atomic E-state index is 5.99. The van der Waals surface area contributed by atoms with E-state index in [1.54, 1.807) is 13.2 Å². The Bertz CT molecular complexity index is 743. The van der Waals surface area contributed by atoms with Gasteiger partial charge in [-0.05, 0) is 54.7 Å². The summed E-state index contributed by atoms with van der Waals surface area (Å²) in [5.41, 5.74) is 10.8. The Morgan fingerprint density at radius 2 is 2.04 bits per heavy atom. The number of hydrogen-bond acceptors (Lipinski definition) is 2. The van der Waals surface area contributed by atoms with Crippen LogP contribution < -0.4 is 15.8 Å². The first-order chi connectivity index (χ1) is 11.2. The molecule has 0 unspecified atom stereocenters. The maximum Gasteiger partial charge on any atom is 0.193 e. The number of halogens is 1. The lowest BCUT2D eigenvalue weighted by Gasteiger charge is -2.09. The molecule has 120 valence electrons. The lowest BCUT2D eigenvalue weighted by molar-refractivity contribution is 0.410. The first-order valence-electron chi connectivity index (χ1n) is 7.67. The van der Waals surface area contributed by atoms with Crippen molar-refractivity contribution in [2.24, 2.45) is 10.7 Å². The normalized spacial score (nSPS) is 13.7. The van der Waals surface area contributed by atoms with E-state index in [1.165, 1.54) is 24.0 Å². The molecule has 0 amide bonds. The molecule has 0 aromatic heterocycles. The molecule has 0 saturated carbocycles. The van der Waals surface area contributed by atoms with E-state index < -0.39 is 0 Å². The summed E-state index contributed by atoms with van der Waals surface area (Å²) in [4.78, 5) is 4.38. The number of nitrogens with two attached hydrogens (primary N) is 1. The molecule has 0 bridgehead atoms. The van der Waals surface area contributed by atoms with E-state index in [0.29, 0.717) is 23.3 Å². The van der Waals surface area contributed by atoms with Crippen molar-refractivity contribution in [2.75, 3.05) is 12.4 Å². The molecule has 3 N–H and O–H groups in total. The highest BCUT2D eigenvalue weighted by atomic mass is 35.5. The van der Waals surface area contributed by atoms with E-state index in [2.05, 4.69) is 28.5 Å². The van der Waals surface area contributed by atoms with Gasteiger partial charge < -0.3 is 15.8 Å². The second kappa shape index (κ2) is 6.92. The van der Waals surface area contributed by atoms with Crippen molar-refractivity contribution in [3.8, 4) is 5.75 Å². The Labute approximate surface area is 141 Å². The number of hydrogen-bond donors (Lipinski definition) is 2. The predicted octanol–water partition coefficient (Wildman–Crippen LogP) is 3.76. The minimum atomic E-state index is 0.389. The fourth-order valence-corrected chi connectivity index (χ4v) is 3.02. The van der Waals surface area contributed by atoms with Crippen LogP contribution in [-0.4, -0.2) is 13.1 Å². The van der Waals surface area contributed by atoms with Crippen molar-refractivity contribution in [2.45, 2.75) is 25.8 Å². The van der Waals surface area contributed by atoms with Gasteiger partial charge in [-0.15, -0.1) is 0 Å². The number of ether oxygens (including phenoxy) is 1. The van der Waals surface area contributed by atoms with Gasteiger partial charge in [0, 0.05) is 16.3 Å². The van der Waals surface area contributed by atoms with Gasteiger partial charge in [-0.1, -0.05) is 23.7 Å². The lowest BCUT2D eigenvalue weighted by Crippen LogP contribution is -2.22. The highest BCUT2D eigenvalue weighted by molar-refractivity contribution is 6.30. The Kier molecular flexibility index (Phi) is 4.72. The molecule has 0 radical (unpaired) electrons. The second-order valence-corrected chi connectivity index (χ2v) is 6.06. The zero-order valence-corrected chi connectivity index (χ0v) is 13.9. The Morgan fingerprint density at radius 3 is 2.87 bits per heavy atom. The van der Waals surface area contributed by atoms with Gasteiger partial charge in [0.05, 0.1) is 13.7 Å². The van der Waals surface area contributed by atoms with Gasteiger partial charge in [0.25, 0.3) is 0 Å². The molecule has 0 saturated heterocycles. The van der Waals surface area contributed by atoms with Crippen LogP contribution in [0.5, 0.6) is 5.75 Å². The van der Waals surface area contributed by atoms with Gasteiger partial charge in [0.15, 0.2) is 5.96 Å². The number of aliphatic imine (C=N–C) groups is 1. The van der Waals surface area contributed by atoms with Crippen LogP contribution in [0.1, 0.15) is 23.1 Å². The monoisotopic (exact) mass is 329 g/mol. The van der Waals surface area contributed by atoms with E-state index in [-0.39, 0.29) is 0 Å². The first kappa shape index (κ1) is 15.7. The van der Waals surface area contributed by atoms with Crippen molar-refractivity contribution in [1.29, 1.82) is 0 Å². The Balaban J connectivity index is 1.68. The Morgan fingerprint density at radius 1 is 1.22 bits per heavy atom. The number of aryl methyl sites for hydroxylation is 2. The fraction of sp³-hybridized carbons (Fsp3) is 0.278. The molecule has 0 aliphatic heterocycles. The topological polar surface area (TPSA) is 59.6 Å². The summed E-state index contributed by atoms with van der Waals surface area (Å²) in [7, 11) is 1.62. The molecule has 3 rings (SSSR count). The number of benzene rings is 2. The zero-order chi connectivity index (χ0) is 16.2. The smallest absolute Gasteiger partial charge is 0.193 e. The van der Waals surface area contributed by atoms with Crippen molar-refractivity contribution in [3.63, 3.8) is 0 Å². The summed E-state index contributed by atoms with van der Waals surface area (Å²) in [6.07, 6.45) is 3.55. The average Bonchev–Trinajstić information content (AvgIpc) is 3.01. The van der Waals surface area contributed by atoms with E-state index >= 15 is 0 Å². The second-order valence-electron chi connectivity index (χ2n) is 5.62. The molecule has 0 spiro atoms. The van der Waals surface area contributed by atoms with Gasteiger partial charge in [-0.3, -0.25) is 0 Å². The number of methoxy groups -OCH3 is 1. The third-order valence-electron chi connectivity index (χ3n) is 4.04. The van der Waals surface area contributed by atoms with Crippen LogP contribution in [0.15, 0.2) is 41.4 Å². The highest BCUT2D eigenvalue weighted by Gasteiger charge is 2.11. The molecule has 2 aromatic carbocycles. The van der Waals surface area contributed by atoms with Crippen LogP contribution in [-0.2, 0) is 19.4 Å². The van der Waals surface area contributed by atoms with Crippen LogP contribution in [0.4, 0.5) is 5.69 Å². The van der Waals surface area contributed by atoms with Gasteiger partial charge >= 0.3 is 0 Å². The summed E-state index contributed by atoms with van der Waals surface area (Å²) in [6, 6.07) is 11.9. The number of guanidine groups is 1. The quantitative estimate of drug-likeness (QED) is 0.663. The van der Waals surface area contributed by atoms with Crippen molar-refractivity contribution < 1.29 is 4.74 Å². The van der Waals surface area contributed by atoms with Crippen molar-refractivity contribution in [1.82, 2.24) is 0 Å². The summed E-state index contributed by atoms with van der Waals surface area (Å²) in [5.74, 6) is 1.10. The number of anilines is 1. The van der Waals surface area contributed by atoms with Crippen LogP contribution >= 0.6 is 11.6 Å². The van der Waals surface area contributed by atoms with Gasteiger partial charge in [-0.25, -0.2) is 4.99 Å². The molecule has 5 heteroatoms. The average molecular weight is 330 g/mol. The molecule has 0 fully saturated rings. The molecular weight excluding hydrogens is 310 g/mol. The van der Waals surface area contributed by atoms with Gasteiger partial charge in [0.2, 0.25) is 0 Å². The summed E-state index contributed by atoms with van der Waals surface area (Å²) < 4.78 is 5.31. The third kappa shape index (κ3) is 3.77. The summed E-state index contributed by atoms with van der Waals surface area (Å²) in [5, 5.41) is 3.79. The predicted molar refractivity (Wildman–Crippen MR) is 95.4 cm³/mol. The molecule has 4 nitrogen and oxygen atoms in total. The maximum atomic E-state index is 5.99. The zero-order valence-electron chi connectivity index (χ0n) is 13.1. The highest BCUT2D eigenvalue weighted by Crippen LogP contribution is 2.25. The summed E-state index contributed by atoms with van der Waals surface area (Å²) >= 11 is 5.96. The van der Waals surface area contributed by atoms with Crippen molar-refractivity contribution in [3.05, 3.63) is 58.1 Å². The minimum Gasteiger partial charge on any atom is -0.496 e. The minimum absolute atomic E-state index is 0.389. The Hall–Kier alpha value is -2.20. The molecule has 1 aliphatic carbocycles. The van der Waals surface area contributed by atoms with Crippen LogP contribution in [0.2, 0.25) is 5.02 Å². The van der Waals surface area contributed by atoms with Gasteiger partial charge in [0.1, 0.15) is 5.75 Å².